The van der Waals surface area contributed by atoms with Crippen molar-refractivity contribution in [2.75, 3.05) is 0 Å². The lowest BCUT2D eigenvalue weighted by molar-refractivity contribution is 0.111. The van der Waals surface area contributed by atoms with Gasteiger partial charge in [0.05, 0.1) is 11.9 Å². The van der Waals surface area contributed by atoms with Gasteiger partial charge in [0.15, 0.2) is 6.29 Å². The molecule has 1 heterocycles. The van der Waals surface area contributed by atoms with Crippen LogP contribution in [0, 0.1) is 11.3 Å². The highest BCUT2D eigenvalue weighted by molar-refractivity contribution is 5.71. The molecular weight excluding hydrogens is 212 g/mol. The second-order valence-electron chi connectivity index (χ2n) is 6.26. The van der Waals surface area contributed by atoms with Gasteiger partial charge in [0, 0.05) is 5.92 Å². The first-order valence-electron chi connectivity index (χ1n) is 6.51. The minimum atomic E-state index is 0.419. The monoisotopic (exact) mass is 234 g/mol. The van der Waals surface area contributed by atoms with Crippen molar-refractivity contribution in [1.82, 2.24) is 9.97 Å². The molecule has 0 amide bonds. The van der Waals surface area contributed by atoms with Gasteiger partial charge in [-0.1, -0.05) is 20.8 Å². The summed E-state index contributed by atoms with van der Waals surface area (Å²) in [6.07, 6.45) is 7.38. The van der Waals surface area contributed by atoms with Crippen LogP contribution in [0.15, 0.2) is 6.20 Å². The number of carbonyl (C=O) groups excluding carboxylic acids is 1. The van der Waals surface area contributed by atoms with Gasteiger partial charge in [0.1, 0.15) is 5.82 Å². The van der Waals surface area contributed by atoms with E-state index in [0.717, 1.165) is 18.0 Å². The minimum Gasteiger partial charge on any atom is -0.340 e. The molecule has 1 aliphatic rings. The highest BCUT2D eigenvalue weighted by Crippen LogP contribution is 2.42. The van der Waals surface area contributed by atoms with Gasteiger partial charge in [-0.2, -0.15) is 0 Å². The molecule has 1 N–H and O–H groups in total. The van der Waals surface area contributed by atoms with Crippen LogP contribution in [0.1, 0.15) is 68.7 Å². The first kappa shape index (κ1) is 12.3. The summed E-state index contributed by atoms with van der Waals surface area (Å²) >= 11 is 0. The van der Waals surface area contributed by atoms with Crippen LogP contribution in [0.2, 0.25) is 0 Å². The van der Waals surface area contributed by atoms with Crippen molar-refractivity contribution in [3.05, 3.63) is 17.7 Å². The van der Waals surface area contributed by atoms with Gasteiger partial charge in [-0.15, -0.1) is 0 Å². The molecule has 1 fully saturated rings. The molecule has 0 unspecified atom stereocenters. The fourth-order valence-corrected chi connectivity index (χ4v) is 2.85. The Morgan fingerprint density at radius 3 is 2.41 bits per heavy atom. The number of aromatic amines is 1. The van der Waals surface area contributed by atoms with E-state index in [1.165, 1.54) is 25.7 Å². The third-order valence-electron chi connectivity index (χ3n) is 4.08. The molecule has 0 spiro atoms. The zero-order valence-electron chi connectivity index (χ0n) is 11.0. The van der Waals surface area contributed by atoms with Gasteiger partial charge in [0.2, 0.25) is 0 Å². The number of rotatable bonds is 2. The summed E-state index contributed by atoms with van der Waals surface area (Å²) in [5, 5.41) is 0. The predicted molar refractivity (Wildman–Crippen MR) is 68.1 cm³/mol. The largest absolute Gasteiger partial charge is 0.340 e. The molecule has 0 bridgehead atoms. The molecule has 1 saturated carbocycles. The molecule has 3 heteroatoms. The van der Waals surface area contributed by atoms with E-state index in [9.17, 15) is 4.79 Å². The summed E-state index contributed by atoms with van der Waals surface area (Å²) in [7, 11) is 0. The zero-order chi connectivity index (χ0) is 12.5. The summed E-state index contributed by atoms with van der Waals surface area (Å²) in [4.78, 5) is 18.0. The number of aromatic nitrogens is 2. The molecule has 1 aromatic rings. The van der Waals surface area contributed by atoms with Gasteiger partial charge in [-0.05, 0) is 37.0 Å². The lowest BCUT2D eigenvalue weighted by Gasteiger charge is -2.36. The Labute approximate surface area is 103 Å². The second-order valence-corrected chi connectivity index (χ2v) is 6.26. The summed E-state index contributed by atoms with van der Waals surface area (Å²) in [6.45, 7) is 6.99. The van der Waals surface area contributed by atoms with Gasteiger partial charge in [-0.25, -0.2) is 4.98 Å². The molecule has 0 aromatic carbocycles. The maximum Gasteiger partial charge on any atom is 0.167 e. The Morgan fingerprint density at radius 2 is 1.94 bits per heavy atom. The van der Waals surface area contributed by atoms with Crippen molar-refractivity contribution in [3.8, 4) is 0 Å². The van der Waals surface area contributed by atoms with Crippen LogP contribution >= 0.6 is 0 Å². The second kappa shape index (κ2) is 4.63. The molecule has 1 aliphatic carbocycles. The summed E-state index contributed by atoms with van der Waals surface area (Å²) in [5.41, 5.74) is 1.01. The lowest BCUT2D eigenvalue weighted by Crippen LogP contribution is -2.25. The zero-order valence-corrected chi connectivity index (χ0v) is 11.0. The average Bonchev–Trinajstić information content (AvgIpc) is 2.76. The third-order valence-corrected chi connectivity index (χ3v) is 4.08. The smallest absolute Gasteiger partial charge is 0.167 e. The van der Waals surface area contributed by atoms with Crippen molar-refractivity contribution in [1.29, 1.82) is 0 Å². The summed E-state index contributed by atoms with van der Waals surface area (Å²) in [6, 6.07) is 0. The standard InChI is InChI=1S/C14H22N2O/c1-14(2,3)11-6-4-10(5-7-11)13-15-8-12(9-17)16-13/h8-11H,4-7H2,1-3H3,(H,15,16). The Bertz CT molecular complexity index is 381. The average molecular weight is 234 g/mol. The van der Waals surface area contributed by atoms with Gasteiger partial charge >= 0.3 is 0 Å². The predicted octanol–water partition coefficient (Wildman–Crippen LogP) is 3.54. The van der Waals surface area contributed by atoms with Crippen LogP contribution < -0.4 is 0 Å². The molecule has 0 radical (unpaired) electrons. The normalized spacial score (nSPS) is 25.8. The van der Waals surface area contributed by atoms with Crippen molar-refractivity contribution in [2.45, 2.75) is 52.4 Å². The number of hydrogen-bond donors (Lipinski definition) is 1. The fourth-order valence-electron chi connectivity index (χ4n) is 2.85. The number of nitrogens with zero attached hydrogens (tertiary/aromatic N) is 1. The topological polar surface area (TPSA) is 45.8 Å². The minimum absolute atomic E-state index is 0.419. The van der Waals surface area contributed by atoms with E-state index in [-0.39, 0.29) is 0 Å². The third kappa shape index (κ3) is 2.76. The first-order chi connectivity index (χ1) is 8.00. The van der Waals surface area contributed by atoms with Gasteiger partial charge in [-0.3, -0.25) is 4.79 Å². The van der Waals surface area contributed by atoms with E-state index in [4.69, 9.17) is 0 Å². The molecule has 17 heavy (non-hydrogen) atoms. The Balaban J connectivity index is 1.97. The van der Waals surface area contributed by atoms with E-state index in [0.29, 0.717) is 17.0 Å². The molecular formula is C14H22N2O. The highest BCUT2D eigenvalue weighted by atomic mass is 16.1. The van der Waals surface area contributed by atoms with Crippen LogP contribution in [-0.2, 0) is 0 Å². The molecule has 94 valence electrons. The van der Waals surface area contributed by atoms with E-state index in [1.54, 1.807) is 6.20 Å². The van der Waals surface area contributed by atoms with Gasteiger partial charge < -0.3 is 4.98 Å². The van der Waals surface area contributed by atoms with Crippen LogP contribution in [-0.4, -0.2) is 16.3 Å². The Hall–Kier alpha value is -1.12. The van der Waals surface area contributed by atoms with E-state index in [2.05, 4.69) is 30.7 Å². The quantitative estimate of drug-likeness (QED) is 0.795. The highest BCUT2D eigenvalue weighted by Gasteiger charge is 2.31. The maximum absolute atomic E-state index is 10.6. The van der Waals surface area contributed by atoms with E-state index in [1.807, 2.05) is 0 Å². The molecule has 1 aromatic heterocycles. The van der Waals surface area contributed by atoms with Crippen LogP contribution in [0.25, 0.3) is 0 Å². The first-order valence-corrected chi connectivity index (χ1v) is 6.51. The fraction of sp³-hybridized carbons (Fsp3) is 0.714. The molecule has 0 aliphatic heterocycles. The van der Waals surface area contributed by atoms with E-state index >= 15 is 0 Å². The number of aldehydes is 1. The van der Waals surface area contributed by atoms with Crippen molar-refractivity contribution < 1.29 is 4.79 Å². The molecule has 0 atom stereocenters. The molecule has 2 rings (SSSR count). The van der Waals surface area contributed by atoms with Crippen LogP contribution in [0.3, 0.4) is 0 Å². The SMILES string of the molecule is CC(C)(C)C1CCC(c2ncc(C=O)[nH]2)CC1. The van der Waals surface area contributed by atoms with E-state index < -0.39 is 0 Å². The van der Waals surface area contributed by atoms with Crippen molar-refractivity contribution in [3.63, 3.8) is 0 Å². The van der Waals surface area contributed by atoms with Crippen LogP contribution in [0.5, 0.6) is 0 Å². The molecule has 3 nitrogen and oxygen atoms in total. The maximum atomic E-state index is 10.6. The Kier molecular flexibility index (Phi) is 3.36. The Morgan fingerprint density at radius 1 is 1.29 bits per heavy atom. The van der Waals surface area contributed by atoms with Gasteiger partial charge in [0.25, 0.3) is 0 Å². The summed E-state index contributed by atoms with van der Waals surface area (Å²) in [5.74, 6) is 2.33. The van der Waals surface area contributed by atoms with Crippen LogP contribution in [0.4, 0.5) is 0 Å². The number of hydrogen-bond acceptors (Lipinski definition) is 2. The van der Waals surface area contributed by atoms with Crippen molar-refractivity contribution >= 4 is 6.29 Å². The number of carbonyl (C=O) groups is 1. The van der Waals surface area contributed by atoms with Crippen molar-refractivity contribution in [2.24, 2.45) is 11.3 Å². The molecule has 0 saturated heterocycles. The summed E-state index contributed by atoms with van der Waals surface area (Å²) < 4.78 is 0. The number of nitrogens with one attached hydrogen (secondary N) is 1. The lowest BCUT2D eigenvalue weighted by atomic mass is 9.70. The number of imidazole rings is 1. The number of H-pyrrole nitrogens is 1.